The Balaban J connectivity index is 2.41. The highest BCUT2D eigenvalue weighted by molar-refractivity contribution is 6.09. The Kier molecular flexibility index (Phi) is 3.84. The molecule has 0 radical (unpaired) electrons. The number of para-hydroxylation sites is 1. The van der Waals surface area contributed by atoms with Gasteiger partial charge in [0.25, 0.3) is 5.91 Å². The van der Waals surface area contributed by atoms with Crippen molar-refractivity contribution in [1.82, 2.24) is 4.98 Å². The van der Waals surface area contributed by atoms with Crippen LogP contribution in [0.4, 0.5) is 24.5 Å². The predicted octanol–water partition coefficient (Wildman–Crippen LogP) is 2.96. The molecule has 0 fully saturated rings. The Morgan fingerprint density at radius 3 is 2.52 bits per heavy atom. The van der Waals surface area contributed by atoms with Crippen LogP contribution in [0.25, 0.3) is 0 Å². The molecule has 21 heavy (non-hydrogen) atoms. The predicted molar refractivity (Wildman–Crippen MR) is 72.8 cm³/mol. The number of carbonyl (C=O) groups is 1. The maximum Gasteiger partial charge on any atom is 0.418 e. The van der Waals surface area contributed by atoms with Crippen molar-refractivity contribution >= 4 is 17.3 Å². The molecule has 0 spiro atoms. The Bertz CT molecular complexity index is 656. The summed E-state index contributed by atoms with van der Waals surface area (Å²) in [5, 5.41) is 0. The number of hydrogen-bond acceptors (Lipinski definition) is 3. The van der Waals surface area contributed by atoms with Crippen molar-refractivity contribution in [3.63, 3.8) is 0 Å². The molecule has 0 atom stereocenters. The van der Waals surface area contributed by atoms with Gasteiger partial charge < -0.3 is 10.6 Å². The molecule has 7 heteroatoms. The zero-order valence-corrected chi connectivity index (χ0v) is 11.1. The Labute approximate surface area is 119 Å². The summed E-state index contributed by atoms with van der Waals surface area (Å²) in [6.07, 6.45) is -1.64. The SMILES string of the molecule is CN(C(=O)c1cccc(C(F)(F)F)c1N)c1cccnc1. The normalized spacial score (nSPS) is 11.2. The van der Waals surface area contributed by atoms with Crippen LogP contribution in [-0.2, 0) is 6.18 Å². The summed E-state index contributed by atoms with van der Waals surface area (Å²) in [5.74, 6) is -0.633. The minimum Gasteiger partial charge on any atom is -0.398 e. The molecule has 110 valence electrons. The van der Waals surface area contributed by atoms with E-state index in [0.29, 0.717) is 5.69 Å². The van der Waals surface area contributed by atoms with E-state index in [1.165, 1.54) is 30.4 Å². The van der Waals surface area contributed by atoms with E-state index in [2.05, 4.69) is 4.98 Å². The number of nitrogen functional groups attached to an aromatic ring is 1. The van der Waals surface area contributed by atoms with Gasteiger partial charge in [-0.25, -0.2) is 0 Å². The molecule has 1 amide bonds. The average Bonchev–Trinajstić information content (AvgIpc) is 2.45. The molecule has 0 saturated heterocycles. The van der Waals surface area contributed by atoms with Gasteiger partial charge in [0.05, 0.1) is 28.7 Å². The lowest BCUT2D eigenvalue weighted by molar-refractivity contribution is -0.136. The molecule has 1 aromatic carbocycles. The molecule has 0 unspecified atom stereocenters. The number of nitrogens with zero attached hydrogens (tertiary/aromatic N) is 2. The molecule has 0 aliphatic rings. The second-order valence-electron chi connectivity index (χ2n) is 4.34. The standard InChI is InChI=1S/C14H12F3N3O/c1-20(9-4-3-7-19-8-9)13(21)10-5-2-6-11(12(10)18)14(15,16)17/h2-8H,18H2,1H3. The first-order valence-electron chi connectivity index (χ1n) is 5.96. The van der Waals surface area contributed by atoms with E-state index in [9.17, 15) is 18.0 Å². The van der Waals surface area contributed by atoms with E-state index in [4.69, 9.17) is 5.73 Å². The minimum atomic E-state index is -4.60. The van der Waals surface area contributed by atoms with E-state index < -0.39 is 23.3 Å². The van der Waals surface area contributed by atoms with Crippen molar-refractivity contribution in [3.05, 3.63) is 53.9 Å². The van der Waals surface area contributed by atoms with Gasteiger partial charge in [-0.05, 0) is 24.3 Å². The summed E-state index contributed by atoms with van der Waals surface area (Å²) >= 11 is 0. The van der Waals surface area contributed by atoms with Gasteiger partial charge in [0.2, 0.25) is 0 Å². The Morgan fingerprint density at radius 1 is 1.24 bits per heavy atom. The number of carbonyl (C=O) groups excluding carboxylic acids is 1. The zero-order chi connectivity index (χ0) is 15.6. The summed E-state index contributed by atoms with van der Waals surface area (Å²) in [4.78, 5) is 17.3. The number of pyridine rings is 1. The maximum atomic E-state index is 12.8. The largest absolute Gasteiger partial charge is 0.418 e. The quantitative estimate of drug-likeness (QED) is 0.867. The molecule has 2 rings (SSSR count). The number of aromatic nitrogens is 1. The highest BCUT2D eigenvalue weighted by Gasteiger charge is 2.34. The van der Waals surface area contributed by atoms with Crippen LogP contribution in [0.3, 0.4) is 0 Å². The summed E-state index contributed by atoms with van der Waals surface area (Å²) in [6, 6.07) is 6.50. The molecular weight excluding hydrogens is 283 g/mol. The third-order valence-corrected chi connectivity index (χ3v) is 2.98. The summed E-state index contributed by atoms with van der Waals surface area (Å²) < 4.78 is 38.4. The first-order valence-corrected chi connectivity index (χ1v) is 5.96. The molecule has 0 saturated carbocycles. The number of hydrogen-bond donors (Lipinski definition) is 1. The van der Waals surface area contributed by atoms with Gasteiger partial charge in [-0.15, -0.1) is 0 Å². The molecule has 0 aliphatic carbocycles. The highest BCUT2D eigenvalue weighted by Crippen LogP contribution is 2.35. The van der Waals surface area contributed by atoms with Gasteiger partial charge >= 0.3 is 6.18 Å². The molecule has 2 N–H and O–H groups in total. The van der Waals surface area contributed by atoms with E-state index >= 15 is 0 Å². The number of benzene rings is 1. The summed E-state index contributed by atoms with van der Waals surface area (Å²) in [7, 11) is 1.44. The number of alkyl halides is 3. The van der Waals surface area contributed by atoms with Gasteiger partial charge in [-0.1, -0.05) is 6.07 Å². The molecule has 1 heterocycles. The lowest BCUT2D eigenvalue weighted by Crippen LogP contribution is -2.28. The third-order valence-electron chi connectivity index (χ3n) is 2.98. The number of anilines is 2. The highest BCUT2D eigenvalue weighted by atomic mass is 19.4. The molecule has 0 aliphatic heterocycles. The molecule has 2 aromatic rings. The number of halogens is 3. The van der Waals surface area contributed by atoms with Crippen molar-refractivity contribution in [1.29, 1.82) is 0 Å². The second-order valence-corrected chi connectivity index (χ2v) is 4.34. The van der Waals surface area contributed by atoms with Gasteiger partial charge in [-0.3, -0.25) is 9.78 Å². The monoisotopic (exact) mass is 295 g/mol. The van der Waals surface area contributed by atoms with E-state index in [0.717, 1.165) is 12.1 Å². The van der Waals surface area contributed by atoms with Gasteiger partial charge in [0.1, 0.15) is 0 Å². The fourth-order valence-corrected chi connectivity index (χ4v) is 1.85. The van der Waals surface area contributed by atoms with Crippen LogP contribution < -0.4 is 10.6 Å². The summed E-state index contributed by atoms with van der Waals surface area (Å²) in [6.45, 7) is 0. The molecular formula is C14H12F3N3O. The first kappa shape index (κ1) is 14.8. The average molecular weight is 295 g/mol. The second kappa shape index (κ2) is 5.43. The fourth-order valence-electron chi connectivity index (χ4n) is 1.85. The van der Waals surface area contributed by atoms with Crippen molar-refractivity contribution in [2.24, 2.45) is 0 Å². The van der Waals surface area contributed by atoms with Crippen LogP contribution in [0.15, 0.2) is 42.7 Å². The van der Waals surface area contributed by atoms with Crippen LogP contribution in [0.5, 0.6) is 0 Å². The number of amides is 1. The lowest BCUT2D eigenvalue weighted by Gasteiger charge is -2.19. The summed E-state index contributed by atoms with van der Waals surface area (Å²) in [5.41, 5.74) is 4.16. The van der Waals surface area contributed by atoms with Crippen LogP contribution >= 0.6 is 0 Å². The Hall–Kier alpha value is -2.57. The van der Waals surface area contributed by atoms with Crippen molar-refractivity contribution in [3.8, 4) is 0 Å². The van der Waals surface area contributed by atoms with Crippen LogP contribution in [0.1, 0.15) is 15.9 Å². The van der Waals surface area contributed by atoms with Crippen molar-refractivity contribution < 1.29 is 18.0 Å². The van der Waals surface area contributed by atoms with Crippen LogP contribution in [-0.4, -0.2) is 17.9 Å². The zero-order valence-electron chi connectivity index (χ0n) is 11.1. The smallest absolute Gasteiger partial charge is 0.398 e. The molecule has 4 nitrogen and oxygen atoms in total. The molecule has 1 aromatic heterocycles. The fraction of sp³-hybridized carbons (Fsp3) is 0.143. The third kappa shape index (κ3) is 2.96. The first-order chi connectivity index (χ1) is 9.82. The van der Waals surface area contributed by atoms with E-state index in [1.807, 2.05) is 0 Å². The maximum absolute atomic E-state index is 12.8. The minimum absolute atomic E-state index is 0.198. The van der Waals surface area contributed by atoms with Gasteiger partial charge in [0, 0.05) is 13.2 Å². The number of nitrogens with two attached hydrogens (primary N) is 1. The van der Waals surface area contributed by atoms with E-state index in [-0.39, 0.29) is 5.56 Å². The van der Waals surface area contributed by atoms with Crippen LogP contribution in [0, 0.1) is 0 Å². The Morgan fingerprint density at radius 2 is 1.95 bits per heavy atom. The van der Waals surface area contributed by atoms with E-state index in [1.54, 1.807) is 12.1 Å². The lowest BCUT2D eigenvalue weighted by atomic mass is 10.1. The number of rotatable bonds is 2. The molecule has 0 bridgehead atoms. The van der Waals surface area contributed by atoms with Crippen LogP contribution in [0.2, 0.25) is 0 Å². The van der Waals surface area contributed by atoms with Crippen molar-refractivity contribution in [2.75, 3.05) is 17.7 Å². The topological polar surface area (TPSA) is 59.2 Å². The van der Waals surface area contributed by atoms with Gasteiger partial charge in [0.15, 0.2) is 0 Å². The van der Waals surface area contributed by atoms with Crippen molar-refractivity contribution in [2.45, 2.75) is 6.18 Å². The van der Waals surface area contributed by atoms with Gasteiger partial charge in [-0.2, -0.15) is 13.2 Å².